The average molecular weight is 384 g/mol. The van der Waals surface area contributed by atoms with Gasteiger partial charge in [0.1, 0.15) is 10.0 Å². The van der Waals surface area contributed by atoms with Gasteiger partial charge in [-0.3, -0.25) is 0 Å². The van der Waals surface area contributed by atoms with E-state index in [1.807, 2.05) is 0 Å². The summed E-state index contributed by atoms with van der Waals surface area (Å²) >= 11 is 1.12. The lowest BCUT2D eigenvalue weighted by molar-refractivity contribution is 0.141. The van der Waals surface area contributed by atoms with E-state index in [1.54, 1.807) is 35.7 Å². The molecule has 3 aromatic rings. The molecule has 0 spiro atoms. The van der Waals surface area contributed by atoms with Gasteiger partial charge in [-0.1, -0.05) is 18.2 Å². The van der Waals surface area contributed by atoms with Crippen LogP contribution < -0.4 is 10.0 Å². The average Bonchev–Trinajstić information content (AvgIpc) is 3.14. The monoisotopic (exact) mass is 384 g/mol. The summed E-state index contributed by atoms with van der Waals surface area (Å²) in [6.07, 6.45) is -2.79. The topological polar surface area (TPSA) is 84.0 Å². The fourth-order valence-corrected chi connectivity index (χ4v) is 4.25. The number of fused-ring (bicyclic) bond motifs is 1. The number of halogens is 2. The van der Waals surface area contributed by atoms with E-state index in [2.05, 4.69) is 20.0 Å². The van der Waals surface area contributed by atoms with Crippen LogP contribution in [0, 0.1) is 0 Å². The zero-order chi connectivity index (χ0) is 17.9. The minimum atomic E-state index is -3.56. The molecule has 2 heterocycles. The van der Waals surface area contributed by atoms with Crippen LogP contribution in [0.25, 0.3) is 10.9 Å². The smallest absolute Gasteiger partial charge is 0.297 e. The number of aromatic nitrogens is 2. The van der Waals surface area contributed by atoms with Crippen LogP contribution in [0.15, 0.2) is 46.0 Å². The molecule has 2 N–H and O–H groups in total. The first-order valence-electron chi connectivity index (χ1n) is 7.29. The first kappa shape index (κ1) is 17.6. The van der Waals surface area contributed by atoms with Gasteiger partial charge in [0.2, 0.25) is 10.0 Å². The maximum absolute atomic E-state index is 12.9. The number of benzene rings is 1. The summed E-state index contributed by atoms with van der Waals surface area (Å²) in [7, 11) is -3.56. The minimum absolute atomic E-state index is 0.0859. The van der Waals surface area contributed by atoms with Gasteiger partial charge in [-0.05, 0) is 23.6 Å². The fourth-order valence-electron chi connectivity index (χ4n) is 2.18. The number of sulfonamides is 1. The van der Waals surface area contributed by atoms with E-state index in [4.69, 9.17) is 0 Å². The van der Waals surface area contributed by atoms with Gasteiger partial charge < -0.3 is 5.32 Å². The predicted molar refractivity (Wildman–Crippen MR) is 92.5 cm³/mol. The van der Waals surface area contributed by atoms with Gasteiger partial charge >= 0.3 is 0 Å². The molecule has 25 heavy (non-hydrogen) atoms. The van der Waals surface area contributed by atoms with Crippen LogP contribution in [-0.2, 0) is 10.0 Å². The van der Waals surface area contributed by atoms with Gasteiger partial charge in [0.05, 0.1) is 5.52 Å². The number of hydrogen-bond acceptors (Lipinski definition) is 6. The number of para-hydroxylation sites is 1. The van der Waals surface area contributed by atoms with Crippen molar-refractivity contribution >= 4 is 38.1 Å². The van der Waals surface area contributed by atoms with Crippen molar-refractivity contribution in [3.05, 3.63) is 47.6 Å². The lowest BCUT2D eigenvalue weighted by Gasteiger charge is -2.11. The Balaban J connectivity index is 1.71. The number of nitrogens with one attached hydrogen (secondary N) is 2. The first-order chi connectivity index (χ1) is 12.0. The van der Waals surface area contributed by atoms with Gasteiger partial charge in [0.15, 0.2) is 5.82 Å². The number of hydrogen-bond donors (Lipinski definition) is 2. The Morgan fingerprint density at radius 3 is 2.60 bits per heavy atom. The Hall–Kier alpha value is -2.17. The van der Waals surface area contributed by atoms with Crippen molar-refractivity contribution in [2.24, 2.45) is 0 Å². The molecule has 2 aromatic heterocycles. The first-order valence-corrected chi connectivity index (χ1v) is 9.65. The summed E-state index contributed by atoms with van der Waals surface area (Å²) in [5, 5.41) is 5.16. The maximum atomic E-state index is 12.9. The third-order valence-electron chi connectivity index (χ3n) is 3.29. The van der Waals surface area contributed by atoms with Crippen LogP contribution in [0.3, 0.4) is 0 Å². The highest BCUT2D eigenvalue weighted by Crippen LogP contribution is 2.24. The third kappa shape index (κ3) is 4.09. The molecule has 0 bridgehead atoms. The summed E-state index contributed by atoms with van der Waals surface area (Å²) < 4.78 is 52.5. The van der Waals surface area contributed by atoms with Crippen LogP contribution in [0.2, 0.25) is 0 Å². The zero-order valence-corrected chi connectivity index (χ0v) is 14.4. The summed E-state index contributed by atoms with van der Waals surface area (Å²) in [6.45, 7) is 0.275. The Labute approximate surface area is 147 Å². The lowest BCUT2D eigenvalue weighted by atomic mass is 10.2. The van der Waals surface area contributed by atoms with Gasteiger partial charge in [-0.15, -0.1) is 11.3 Å². The molecular weight excluding hydrogens is 370 g/mol. The second-order valence-corrected chi connectivity index (χ2v) is 7.95. The fraction of sp³-hybridized carbons (Fsp3) is 0.200. The van der Waals surface area contributed by atoms with Crippen LogP contribution in [-0.4, -0.2) is 31.5 Å². The molecule has 10 heteroatoms. The number of nitrogens with zero attached hydrogens (tertiary/aromatic N) is 2. The number of alkyl halides is 2. The molecule has 0 atom stereocenters. The van der Waals surface area contributed by atoms with E-state index in [1.165, 1.54) is 6.07 Å². The standard InChI is InChI=1S/C15H14F2N4O2S2/c16-13(17)15-20-11-5-2-1-4-10(11)14(21-15)18-7-8-19-25(22,23)12-6-3-9-24-12/h1-6,9,13,19H,7-8H2,(H,18,20,21). The minimum Gasteiger partial charge on any atom is -0.368 e. The molecule has 3 rings (SSSR count). The van der Waals surface area contributed by atoms with E-state index >= 15 is 0 Å². The molecule has 0 unspecified atom stereocenters. The number of thiophene rings is 1. The molecule has 0 radical (unpaired) electrons. The molecule has 0 aliphatic carbocycles. The van der Waals surface area contributed by atoms with Crippen molar-refractivity contribution in [1.82, 2.24) is 14.7 Å². The molecule has 1 aromatic carbocycles. The summed E-state index contributed by atoms with van der Waals surface area (Å²) in [4.78, 5) is 7.66. The normalized spacial score (nSPS) is 12.0. The molecule has 0 aliphatic rings. The van der Waals surface area contributed by atoms with Crippen molar-refractivity contribution in [3.63, 3.8) is 0 Å². The van der Waals surface area contributed by atoms with Crippen LogP contribution in [0.1, 0.15) is 12.2 Å². The van der Waals surface area contributed by atoms with Crippen molar-refractivity contribution in [1.29, 1.82) is 0 Å². The number of anilines is 1. The molecule has 0 amide bonds. The van der Waals surface area contributed by atoms with Crippen molar-refractivity contribution in [2.75, 3.05) is 18.4 Å². The van der Waals surface area contributed by atoms with Crippen LogP contribution >= 0.6 is 11.3 Å². The van der Waals surface area contributed by atoms with Crippen molar-refractivity contribution in [3.8, 4) is 0 Å². The van der Waals surface area contributed by atoms with Crippen molar-refractivity contribution < 1.29 is 17.2 Å². The summed E-state index contributed by atoms with van der Waals surface area (Å²) in [5.41, 5.74) is 0.398. The quantitative estimate of drug-likeness (QED) is 0.612. The maximum Gasteiger partial charge on any atom is 0.297 e. The second-order valence-electron chi connectivity index (χ2n) is 5.00. The molecule has 0 saturated heterocycles. The Morgan fingerprint density at radius 1 is 1.08 bits per heavy atom. The highest BCUT2D eigenvalue weighted by Gasteiger charge is 2.16. The summed E-state index contributed by atoms with van der Waals surface area (Å²) in [6, 6.07) is 9.93. The van der Waals surface area contributed by atoms with Gasteiger partial charge in [-0.2, -0.15) is 0 Å². The van der Waals surface area contributed by atoms with E-state index in [9.17, 15) is 17.2 Å². The number of rotatable bonds is 7. The zero-order valence-electron chi connectivity index (χ0n) is 12.8. The summed E-state index contributed by atoms with van der Waals surface area (Å²) in [5.74, 6) is -0.323. The highest BCUT2D eigenvalue weighted by atomic mass is 32.2. The molecule has 6 nitrogen and oxygen atoms in total. The van der Waals surface area contributed by atoms with E-state index in [-0.39, 0.29) is 23.1 Å². The van der Waals surface area contributed by atoms with E-state index in [0.29, 0.717) is 10.9 Å². The second kappa shape index (κ2) is 7.38. The molecule has 0 saturated carbocycles. The molecule has 0 fully saturated rings. The van der Waals surface area contributed by atoms with Crippen LogP contribution in [0.4, 0.5) is 14.6 Å². The Morgan fingerprint density at radius 2 is 1.88 bits per heavy atom. The largest absolute Gasteiger partial charge is 0.368 e. The van der Waals surface area contributed by atoms with E-state index < -0.39 is 22.3 Å². The highest BCUT2D eigenvalue weighted by molar-refractivity contribution is 7.91. The third-order valence-corrected chi connectivity index (χ3v) is 6.14. The Bertz CT molecular complexity index is 963. The van der Waals surface area contributed by atoms with Crippen LogP contribution in [0.5, 0.6) is 0 Å². The predicted octanol–water partition coefficient (Wildman–Crippen LogP) is 3.02. The van der Waals surface area contributed by atoms with Gasteiger partial charge in [0.25, 0.3) is 6.43 Å². The van der Waals surface area contributed by atoms with Gasteiger partial charge in [0, 0.05) is 18.5 Å². The van der Waals surface area contributed by atoms with Crippen molar-refractivity contribution in [2.45, 2.75) is 10.6 Å². The lowest BCUT2D eigenvalue weighted by Crippen LogP contribution is -2.28. The Kier molecular flexibility index (Phi) is 5.21. The van der Waals surface area contributed by atoms with E-state index in [0.717, 1.165) is 11.3 Å². The van der Waals surface area contributed by atoms with Gasteiger partial charge in [-0.25, -0.2) is 31.9 Å². The molecular formula is C15H14F2N4O2S2. The molecule has 0 aliphatic heterocycles. The SMILES string of the molecule is O=S(=O)(NCCNc1nc(C(F)F)nc2ccccc12)c1cccs1. The molecule has 132 valence electrons.